The van der Waals surface area contributed by atoms with Gasteiger partial charge in [0.2, 0.25) is 5.13 Å². The van der Waals surface area contributed by atoms with Gasteiger partial charge < -0.3 is 0 Å². The molecule has 0 saturated heterocycles. The lowest BCUT2D eigenvalue weighted by Gasteiger charge is -1.91. The number of benzene rings is 1. The molecule has 0 amide bonds. The zero-order valence-corrected chi connectivity index (χ0v) is 9.95. The zero-order valence-electron chi connectivity index (χ0n) is 9.14. The zero-order chi connectivity index (χ0) is 11.1. The van der Waals surface area contributed by atoms with Gasteiger partial charge in [0.05, 0.1) is 15.9 Å². The fourth-order valence-corrected chi connectivity index (χ4v) is 2.49. The van der Waals surface area contributed by atoms with E-state index in [0.29, 0.717) is 0 Å². The molecule has 3 nitrogen and oxygen atoms in total. The number of fused-ring (bicyclic) bond motifs is 1. The molecule has 0 bridgehead atoms. The number of hydrogen-bond donors (Lipinski definition) is 0. The summed E-state index contributed by atoms with van der Waals surface area (Å²) in [5.41, 5.74) is 3.28. The van der Waals surface area contributed by atoms with E-state index in [4.69, 9.17) is 0 Å². The SMILES string of the molecule is Cc1cn(-c2nc3ccccc3s2)nc1C. The fourth-order valence-electron chi connectivity index (χ4n) is 1.60. The summed E-state index contributed by atoms with van der Waals surface area (Å²) in [5, 5.41) is 5.37. The minimum atomic E-state index is 0.928. The summed E-state index contributed by atoms with van der Waals surface area (Å²) in [5.74, 6) is 0. The second-order valence-corrected chi connectivity index (χ2v) is 4.82. The third-order valence-electron chi connectivity index (χ3n) is 2.62. The van der Waals surface area contributed by atoms with Gasteiger partial charge in [0, 0.05) is 6.20 Å². The standard InChI is InChI=1S/C12H11N3S/c1-8-7-15(14-9(8)2)12-13-10-5-3-4-6-11(10)16-12/h3-7H,1-2H3. The molecule has 2 aromatic heterocycles. The Morgan fingerprint density at radius 1 is 1.19 bits per heavy atom. The molecule has 0 spiro atoms. The largest absolute Gasteiger partial charge is 0.218 e. The van der Waals surface area contributed by atoms with E-state index in [2.05, 4.69) is 23.1 Å². The molecule has 16 heavy (non-hydrogen) atoms. The maximum atomic E-state index is 4.56. The first-order chi connectivity index (χ1) is 7.74. The number of aryl methyl sites for hydroxylation is 2. The van der Waals surface area contributed by atoms with Crippen LogP contribution >= 0.6 is 11.3 Å². The van der Waals surface area contributed by atoms with E-state index < -0.39 is 0 Å². The van der Waals surface area contributed by atoms with Gasteiger partial charge >= 0.3 is 0 Å². The van der Waals surface area contributed by atoms with Crippen molar-refractivity contribution in [3.8, 4) is 5.13 Å². The number of nitrogens with zero attached hydrogens (tertiary/aromatic N) is 3. The Morgan fingerprint density at radius 3 is 2.69 bits per heavy atom. The summed E-state index contributed by atoms with van der Waals surface area (Å²) in [4.78, 5) is 4.56. The molecular formula is C12H11N3S. The summed E-state index contributed by atoms with van der Waals surface area (Å²) in [6, 6.07) is 8.15. The summed E-state index contributed by atoms with van der Waals surface area (Å²) in [6.45, 7) is 4.07. The molecule has 1 aromatic carbocycles. The molecule has 0 aliphatic carbocycles. The second kappa shape index (κ2) is 3.42. The van der Waals surface area contributed by atoms with Gasteiger partial charge in [0.15, 0.2) is 0 Å². The van der Waals surface area contributed by atoms with Gasteiger partial charge in [-0.2, -0.15) is 5.10 Å². The molecule has 3 aromatic rings. The number of hydrogen-bond acceptors (Lipinski definition) is 3. The molecule has 0 radical (unpaired) electrons. The van der Waals surface area contributed by atoms with Gasteiger partial charge in [-0.1, -0.05) is 23.5 Å². The molecule has 0 aliphatic rings. The highest BCUT2D eigenvalue weighted by molar-refractivity contribution is 7.20. The van der Waals surface area contributed by atoms with Crippen LogP contribution in [0, 0.1) is 13.8 Å². The lowest BCUT2D eigenvalue weighted by Crippen LogP contribution is -1.93. The topological polar surface area (TPSA) is 30.7 Å². The van der Waals surface area contributed by atoms with E-state index in [1.807, 2.05) is 36.0 Å². The minimum absolute atomic E-state index is 0.928. The van der Waals surface area contributed by atoms with Crippen molar-refractivity contribution in [1.29, 1.82) is 0 Å². The van der Waals surface area contributed by atoms with Crippen LogP contribution in [-0.2, 0) is 0 Å². The van der Waals surface area contributed by atoms with E-state index in [9.17, 15) is 0 Å². The molecule has 0 saturated carbocycles. The average Bonchev–Trinajstić information content (AvgIpc) is 2.83. The van der Waals surface area contributed by atoms with Crippen molar-refractivity contribution in [2.45, 2.75) is 13.8 Å². The maximum Gasteiger partial charge on any atom is 0.211 e. The van der Waals surface area contributed by atoms with Gasteiger partial charge in [-0.05, 0) is 31.5 Å². The number of rotatable bonds is 1. The summed E-state index contributed by atoms with van der Waals surface area (Å²) >= 11 is 1.66. The van der Waals surface area contributed by atoms with Gasteiger partial charge in [-0.3, -0.25) is 0 Å². The van der Waals surface area contributed by atoms with Crippen LogP contribution in [0.3, 0.4) is 0 Å². The molecular weight excluding hydrogens is 218 g/mol. The second-order valence-electron chi connectivity index (χ2n) is 3.81. The minimum Gasteiger partial charge on any atom is -0.218 e. The Labute approximate surface area is 97.4 Å². The Hall–Kier alpha value is -1.68. The van der Waals surface area contributed by atoms with Gasteiger partial charge in [-0.15, -0.1) is 0 Å². The quantitative estimate of drug-likeness (QED) is 0.642. The Kier molecular flexibility index (Phi) is 2.04. The Bertz CT molecular complexity index is 599. The van der Waals surface area contributed by atoms with Crippen LogP contribution < -0.4 is 0 Å². The normalized spacial score (nSPS) is 11.1. The van der Waals surface area contributed by atoms with E-state index >= 15 is 0 Å². The first-order valence-electron chi connectivity index (χ1n) is 5.13. The predicted molar refractivity (Wildman–Crippen MR) is 66.2 cm³/mol. The molecule has 4 heteroatoms. The van der Waals surface area contributed by atoms with Crippen molar-refractivity contribution in [3.05, 3.63) is 41.7 Å². The van der Waals surface area contributed by atoms with Gasteiger partial charge in [-0.25, -0.2) is 9.67 Å². The van der Waals surface area contributed by atoms with Crippen molar-refractivity contribution in [2.75, 3.05) is 0 Å². The van der Waals surface area contributed by atoms with Crippen LogP contribution in [0.1, 0.15) is 11.3 Å². The van der Waals surface area contributed by atoms with Crippen LogP contribution in [0.2, 0.25) is 0 Å². The lowest BCUT2D eigenvalue weighted by molar-refractivity contribution is 0.856. The highest BCUT2D eigenvalue weighted by Crippen LogP contribution is 2.24. The monoisotopic (exact) mass is 229 g/mol. The van der Waals surface area contributed by atoms with E-state index in [1.165, 1.54) is 10.3 Å². The highest BCUT2D eigenvalue weighted by atomic mass is 32.1. The fraction of sp³-hybridized carbons (Fsp3) is 0.167. The molecule has 2 heterocycles. The van der Waals surface area contributed by atoms with Crippen LogP contribution in [-0.4, -0.2) is 14.8 Å². The van der Waals surface area contributed by atoms with Crippen LogP contribution in [0.5, 0.6) is 0 Å². The summed E-state index contributed by atoms with van der Waals surface area (Å²) in [7, 11) is 0. The number of para-hydroxylation sites is 1. The summed E-state index contributed by atoms with van der Waals surface area (Å²) < 4.78 is 3.05. The van der Waals surface area contributed by atoms with E-state index in [0.717, 1.165) is 16.3 Å². The molecule has 0 fully saturated rings. The first kappa shape index (κ1) is 9.54. The van der Waals surface area contributed by atoms with Crippen molar-refractivity contribution in [1.82, 2.24) is 14.8 Å². The number of thiazole rings is 1. The lowest BCUT2D eigenvalue weighted by atomic mass is 10.3. The Balaban J connectivity index is 2.18. The molecule has 0 N–H and O–H groups in total. The third kappa shape index (κ3) is 1.42. The van der Waals surface area contributed by atoms with Gasteiger partial charge in [0.1, 0.15) is 0 Å². The molecule has 0 aliphatic heterocycles. The van der Waals surface area contributed by atoms with E-state index in [1.54, 1.807) is 11.3 Å². The van der Waals surface area contributed by atoms with E-state index in [-0.39, 0.29) is 0 Å². The highest BCUT2D eigenvalue weighted by Gasteiger charge is 2.07. The molecule has 0 unspecified atom stereocenters. The average molecular weight is 229 g/mol. The molecule has 0 atom stereocenters. The van der Waals surface area contributed by atoms with Crippen molar-refractivity contribution < 1.29 is 0 Å². The van der Waals surface area contributed by atoms with Crippen LogP contribution in [0.4, 0.5) is 0 Å². The molecule has 3 rings (SSSR count). The smallest absolute Gasteiger partial charge is 0.211 e. The Morgan fingerprint density at radius 2 is 2.00 bits per heavy atom. The summed E-state index contributed by atoms with van der Waals surface area (Å²) in [6.07, 6.45) is 2.02. The predicted octanol–water partition coefficient (Wildman–Crippen LogP) is 3.10. The van der Waals surface area contributed by atoms with Crippen LogP contribution in [0.15, 0.2) is 30.5 Å². The number of aromatic nitrogens is 3. The van der Waals surface area contributed by atoms with Crippen molar-refractivity contribution >= 4 is 21.6 Å². The van der Waals surface area contributed by atoms with Crippen molar-refractivity contribution in [3.63, 3.8) is 0 Å². The first-order valence-corrected chi connectivity index (χ1v) is 5.94. The van der Waals surface area contributed by atoms with Crippen LogP contribution in [0.25, 0.3) is 15.3 Å². The molecule has 80 valence electrons. The third-order valence-corrected chi connectivity index (χ3v) is 3.65. The van der Waals surface area contributed by atoms with Crippen molar-refractivity contribution in [2.24, 2.45) is 0 Å². The van der Waals surface area contributed by atoms with Gasteiger partial charge in [0.25, 0.3) is 0 Å². The maximum absolute atomic E-state index is 4.56.